The number of fused-ring (bicyclic) bond motifs is 1. The standard InChI is InChI=1S/C25H27N5O2/c1-17-6-8-19(9-7-17)25(32)30-12-3-5-22(30)23-27-21-10-13-29(16-20(21)24(31)28-23)15-18-4-2-11-26-14-18/h2,4,6-9,11,14,22H,3,5,10,12-13,15-16H2,1H3,(H,27,28,31). The normalized spacial score (nSPS) is 18.5. The molecule has 1 fully saturated rings. The van der Waals surface area contributed by atoms with Crippen molar-refractivity contribution >= 4 is 5.91 Å². The smallest absolute Gasteiger partial charge is 0.255 e. The maximum absolute atomic E-state index is 13.1. The Bertz CT molecular complexity index is 1170. The zero-order valence-corrected chi connectivity index (χ0v) is 18.3. The highest BCUT2D eigenvalue weighted by atomic mass is 16.2. The maximum Gasteiger partial charge on any atom is 0.255 e. The molecule has 2 aliphatic heterocycles. The molecule has 7 nitrogen and oxygen atoms in total. The molecular weight excluding hydrogens is 402 g/mol. The van der Waals surface area contributed by atoms with E-state index >= 15 is 0 Å². The molecule has 0 bridgehead atoms. The Labute approximate surface area is 187 Å². The van der Waals surface area contributed by atoms with E-state index in [2.05, 4.69) is 14.9 Å². The quantitative estimate of drug-likeness (QED) is 0.689. The number of amides is 1. The van der Waals surface area contributed by atoms with E-state index in [1.807, 2.05) is 54.4 Å². The molecule has 1 unspecified atom stereocenters. The molecule has 0 saturated carbocycles. The van der Waals surface area contributed by atoms with E-state index < -0.39 is 0 Å². The van der Waals surface area contributed by atoms with E-state index in [9.17, 15) is 9.59 Å². The molecule has 164 valence electrons. The first-order valence-corrected chi connectivity index (χ1v) is 11.2. The van der Waals surface area contributed by atoms with Crippen LogP contribution in [0.25, 0.3) is 0 Å². The zero-order valence-electron chi connectivity index (χ0n) is 18.3. The molecule has 0 spiro atoms. The Morgan fingerprint density at radius 2 is 2.03 bits per heavy atom. The van der Waals surface area contributed by atoms with E-state index in [1.54, 1.807) is 6.20 Å². The Kier molecular flexibility index (Phi) is 5.57. The highest BCUT2D eigenvalue weighted by Crippen LogP contribution is 2.31. The van der Waals surface area contributed by atoms with Gasteiger partial charge in [0.05, 0.1) is 17.3 Å². The minimum absolute atomic E-state index is 0.00415. The number of benzene rings is 1. The summed E-state index contributed by atoms with van der Waals surface area (Å²) in [5, 5.41) is 0. The van der Waals surface area contributed by atoms with Crippen LogP contribution in [0.15, 0.2) is 53.6 Å². The van der Waals surface area contributed by atoms with Crippen molar-refractivity contribution in [2.75, 3.05) is 13.1 Å². The molecule has 1 amide bonds. The molecular formula is C25H27N5O2. The van der Waals surface area contributed by atoms with Crippen LogP contribution in [0.5, 0.6) is 0 Å². The monoisotopic (exact) mass is 429 g/mol. The summed E-state index contributed by atoms with van der Waals surface area (Å²) >= 11 is 0. The number of nitrogens with zero attached hydrogens (tertiary/aromatic N) is 4. The van der Waals surface area contributed by atoms with Crippen molar-refractivity contribution in [1.82, 2.24) is 24.8 Å². The predicted molar refractivity (Wildman–Crippen MR) is 121 cm³/mol. The zero-order chi connectivity index (χ0) is 22.1. The van der Waals surface area contributed by atoms with Gasteiger partial charge < -0.3 is 9.88 Å². The average molecular weight is 430 g/mol. The largest absolute Gasteiger partial charge is 0.328 e. The van der Waals surface area contributed by atoms with Crippen LogP contribution in [-0.4, -0.2) is 43.7 Å². The van der Waals surface area contributed by atoms with Crippen LogP contribution in [0, 0.1) is 6.92 Å². The molecule has 7 heteroatoms. The van der Waals surface area contributed by atoms with Gasteiger partial charge in [-0.25, -0.2) is 4.98 Å². The van der Waals surface area contributed by atoms with Crippen LogP contribution in [0.2, 0.25) is 0 Å². The number of rotatable bonds is 4. The number of carbonyl (C=O) groups excluding carboxylic acids is 1. The van der Waals surface area contributed by atoms with E-state index in [-0.39, 0.29) is 17.5 Å². The van der Waals surface area contributed by atoms with Gasteiger partial charge in [0.15, 0.2) is 0 Å². The molecule has 3 aromatic rings. The molecule has 2 aliphatic rings. The number of hydrogen-bond donors (Lipinski definition) is 1. The lowest BCUT2D eigenvalue weighted by Gasteiger charge is -2.29. The van der Waals surface area contributed by atoms with Crippen LogP contribution in [0.3, 0.4) is 0 Å². The highest BCUT2D eigenvalue weighted by Gasteiger charge is 2.33. The molecule has 0 radical (unpaired) electrons. The number of aryl methyl sites for hydroxylation is 1. The van der Waals surface area contributed by atoms with Gasteiger partial charge in [-0.2, -0.15) is 0 Å². The summed E-state index contributed by atoms with van der Waals surface area (Å²) in [6, 6.07) is 11.4. The molecule has 1 aromatic carbocycles. The number of carbonyl (C=O) groups is 1. The van der Waals surface area contributed by atoms with E-state index in [4.69, 9.17) is 4.98 Å². The van der Waals surface area contributed by atoms with Crippen LogP contribution in [-0.2, 0) is 19.5 Å². The van der Waals surface area contributed by atoms with Crippen molar-refractivity contribution in [3.8, 4) is 0 Å². The van der Waals surface area contributed by atoms with Gasteiger partial charge in [-0.15, -0.1) is 0 Å². The third kappa shape index (κ3) is 4.08. The van der Waals surface area contributed by atoms with Crippen LogP contribution >= 0.6 is 0 Å². The molecule has 1 saturated heterocycles. The van der Waals surface area contributed by atoms with Gasteiger partial charge in [0.1, 0.15) is 5.82 Å². The van der Waals surface area contributed by atoms with Crippen molar-refractivity contribution in [3.63, 3.8) is 0 Å². The summed E-state index contributed by atoms with van der Waals surface area (Å²) in [5.74, 6) is 0.614. The lowest BCUT2D eigenvalue weighted by molar-refractivity contribution is 0.0729. The average Bonchev–Trinajstić information content (AvgIpc) is 3.30. The second-order valence-electron chi connectivity index (χ2n) is 8.72. The SMILES string of the molecule is Cc1ccc(C(=O)N2CCCC2c2nc3c(c(=O)[nH]2)CN(Cc2cccnc2)CC3)cc1. The second-order valence-corrected chi connectivity index (χ2v) is 8.72. The van der Waals surface area contributed by atoms with Crippen molar-refractivity contribution in [1.29, 1.82) is 0 Å². The Balaban J connectivity index is 1.36. The van der Waals surface area contributed by atoms with Gasteiger partial charge >= 0.3 is 0 Å². The highest BCUT2D eigenvalue weighted by molar-refractivity contribution is 5.94. The van der Waals surface area contributed by atoms with Crippen LogP contribution < -0.4 is 5.56 Å². The Morgan fingerprint density at radius 1 is 1.19 bits per heavy atom. The minimum atomic E-state index is -0.185. The number of nitrogens with one attached hydrogen (secondary N) is 1. The second kappa shape index (κ2) is 8.67. The fourth-order valence-electron chi connectivity index (χ4n) is 4.70. The van der Waals surface area contributed by atoms with E-state index in [1.165, 1.54) is 0 Å². The van der Waals surface area contributed by atoms with Crippen molar-refractivity contribution < 1.29 is 4.79 Å². The topological polar surface area (TPSA) is 82.2 Å². The number of aromatic amines is 1. The third-order valence-corrected chi connectivity index (χ3v) is 6.42. The van der Waals surface area contributed by atoms with Crippen LogP contribution in [0.1, 0.15) is 57.5 Å². The van der Waals surface area contributed by atoms with Gasteiger partial charge in [0, 0.05) is 50.6 Å². The summed E-state index contributed by atoms with van der Waals surface area (Å²) < 4.78 is 0. The number of likely N-dealkylation sites (tertiary alicyclic amines) is 1. The molecule has 4 heterocycles. The fraction of sp³-hybridized carbons (Fsp3) is 0.360. The third-order valence-electron chi connectivity index (χ3n) is 6.42. The first-order chi connectivity index (χ1) is 15.6. The van der Waals surface area contributed by atoms with E-state index in [0.717, 1.165) is 54.7 Å². The van der Waals surface area contributed by atoms with Gasteiger partial charge in [0.2, 0.25) is 0 Å². The first kappa shape index (κ1) is 20.6. The summed E-state index contributed by atoms with van der Waals surface area (Å²) in [4.78, 5) is 42.2. The molecule has 0 aliphatic carbocycles. The summed E-state index contributed by atoms with van der Waals surface area (Å²) in [6.07, 6.45) is 6.07. The van der Waals surface area contributed by atoms with E-state index in [0.29, 0.717) is 24.5 Å². The molecule has 32 heavy (non-hydrogen) atoms. The number of hydrogen-bond acceptors (Lipinski definition) is 5. The van der Waals surface area contributed by atoms with Gasteiger partial charge in [0.25, 0.3) is 11.5 Å². The van der Waals surface area contributed by atoms with Gasteiger partial charge in [-0.05, 0) is 43.5 Å². The number of H-pyrrole nitrogens is 1. The van der Waals surface area contributed by atoms with Crippen molar-refractivity contribution in [2.45, 2.75) is 45.3 Å². The molecule has 2 aromatic heterocycles. The van der Waals surface area contributed by atoms with Crippen LogP contribution in [0.4, 0.5) is 0 Å². The summed E-state index contributed by atoms with van der Waals surface area (Å²) in [6.45, 7) is 4.86. The predicted octanol–water partition coefficient (Wildman–Crippen LogP) is 3.01. The molecule has 1 N–H and O–H groups in total. The fourth-order valence-corrected chi connectivity index (χ4v) is 4.70. The minimum Gasteiger partial charge on any atom is -0.328 e. The lowest BCUT2D eigenvalue weighted by atomic mass is 10.1. The first-order valence-electron chi connectivity index (χ1n) is 11.2. The maximum atomic E-state index is 13.1. The Morgan fingerprint density at radius 3 is 2.81 bits per heavy atom. The molecule has 5 rings (SSSR count). The molecule has 1 atom stereocenters. The van der Waals surface area contributed by atoms with Gasteiger partial charge in [-0.3, -0.25) is 19.5 Å². The van der Waals surface area contributed by atoms with Crippen molar-refractivity contribution in [2.24, 2.45) is 0 Å². The van der Waals surface area contributed by atoms with Gasteiger partial charge in [-0.1, -0.05) is 23.8 Å². The lowest BCUT2D eigenvalue weighted by Crippen LogP contribution is -2.37. The summed E-state index contributed by atoms with van der Waals surface area (Å²) in [7, 11) is 0. The summed E-state index contributed by atoms with van der Waals surface area (Å²) in [5.41, 5.74) is 4.44. The number of aromatic nitrogens is 3. The Hall–Kier alpha value is -3.32. The van der Waals surface area contributed by atoms with Crippen molar-refractivity contribution in [3.05, 3.63) is 92.9 Å². The number of pyridine rings is 1.